The average molecular weight is 416 g/mol. The molecule has 0 spiro atoms. The molecule has 0 saturated heterocycles. The minimum absolute atomic E-state index is 0.0173. The molecule has 9 nitrogen and oxygen atoms in total. The predicted octanol–water partition coefficient (Wildman–Crippen LogP) is 2.62. The molecule has 2 aromatic rings. The number of methoxy groups -OCH3 is 1. The molecule has 1 amide bonds. The summed E-state index contributed by atoms with van der Waals surface area (Å²) in [6, 6.07) is 3.61. The lowest BCUT2D eigenvalue weighted by atomic mass is 10.2. The number of esters is 1. The van der Waals surface area contributed by atoms with Gasteiger partial charge in [-0.3, -0.25) is 20.2 Å². The first-order chi connectivity index (χ1) is 11.4. The standard InChI is InChI=1S/C13H10BrN3O6S/c1-22-9-3-2-7(4-8(9)17(20)21)12(19)23-6-11(18)16-13-15-5-10(14)24-13/h2-5H,6H2,1H3,(H,15,16,18). The summed E-state index contributed by atoms with van der Waals surface area (Å²) in [5.41, 5.74) is -0.434. The number of nitro benzene ring substituents is 1. The predicted molar refractivity (Wildman–Crippen MR) is 88.4 cm³/mol. The van der Waals surface area contributed by atoms with Crippen LogP contribution in [0.15, 0.2) is 28.2 Å². The van der Waals surface area contributed by atoms with Gasteiger partial charge in [-0.15, -0.1) is 0 Å². The van der Waals surface area contributed by atoms with Crippen LogP contribution in [0, 0.1) is 10.1 Å². The Hall–Kier alpha value is -2.53. The molecule has 1 heterocycles. The van der Waals surface area contributed by atoms with E-state index >= 15 is 0 Å². The van der Waals surface area contributed by atoms with Gasteiger partial charge in [-0.05, 0) is 28.1 Å². The number of halogens is 1. The maximum Gasteiger partial charge on any atom is 0.338 e. The lowest BCUT2D eigenvalue weighted by Gasteiger charge is -2.06. The maximum absolute atomic E-state index is 11.9. The van der Waals surface area contributed by atoms with E-state index in [9.17, 15) is 19.7 Å². The SMILES string of the molecule is COc1ccc(C(=O)OCC(=O)Nc2ncc(Br)s2)cc1[N+](=O)[O-]. The number of benzene rings is 1. The number of thiazole rings is 1. The molecular weight excluding hydrogens is 406 g/mol. The molecule has 0 fully saturated rings. The minimum Gasteiger partial charge on any atom is -0.490 e. The normalized spacial score (nSPS) is 10.1. The van der Waals surface area contributed by atoms with Gasteiger partial charge in [0.1, 0.15) is 0 Å². The Morgan fingerprint density at radius 3 is 2.79 bits per heavy atom. The maximum atomic E-state index is 11.9. The number of nitrogens with one attached hydrogen (secondary N) is 1. The molecule has 0 aliphatic rings. The van der Waals surface area contributed by atoms with Crippen LogP contribution in [0.5, 0.6) is 5.75 Å². The Balaban J connectivity index is 1.98. The van der Waals surface area contributed by atoms with E-state index in [-0.39, 0.29) is 17.0 Å². The Labute approximate surface area is 147 Å². The quantitative estimate of drug-likeness (QED) is 0.437. The molecule has 126 valence electrons. The summed E-state index contributed by atoms with van der Waals surface area (Å²) in [7, 11) is 1.28. The largest absolute Gasteiger partial charge is 0.490 e. The van der Waals surface area contributed by atoms with Crippen LogP contribution in [0.3, 0.4) is 0 Å². The summed E-state index contributed by atoms with van der Waals surface area (Å²) in [4.78, 5) is 37.7. The number of ether oxygens (including phenoxy) is 2. The number of carbonyl (C=O) groups excluding carboxylic acids is 2. The number of hydrogen-bond donors (Lipinski definition) is 1. The van der Waals surface area contributed by atoms with Crippen LogP contribution in [0.25, 0.3) is 0 Å². The third-order valence-corrected chi connectivity index (χ3v) is 4.06. The second-order valence-electron chi connectivity index (χ2n) is 4.24. The summed E-state index contributed by atoms with van der Waals surface area (Å²) in [5, 5.41) is 13.7. The van der Waals surface area contributed by atoms with Crippen molar-refractivity contribution >= 4 is 50.0 Å². The third-order valence-electron chi connectivity index (χ3n) is 2.67. The Morgan fingerprint density at radius 2 is 2.21 bits per heavy atom. The fourth-order valence-electron chi connectivity index (χ4n) is 1.64. The summed E-state index contributed by atoms with van der Waals surface area (Å²) >= 11 is 4.40. The van der Waals surface area contributed by atoms with Gasteiger partial charge < -0.3 is 9.47 Å². The van der Waals surface area contributed by atoms with Crippen LogP contribution in [0.4, 0.5) is 10.8 Å². The van der Waals surface area contributed by atoms with Crippen LogP contribution in [-0.2, 0) is 9.53 Å². The van der Waals surface area contributed by atoms with Crippen molar-refractivity contribution in [2.45, 2.75) is 0 Å². The van der Waals surface area contributed by atoms with Gasteiger partial charge in [-0.25, -0.2) is 9.78 Å². The fraction of sp³-hybridized carbons (Fsp3) is 0.154. The van der Waals surface area contributed by atoms with Crippen molar-refractivity contribution in [3.8, 4) is 5.75 Å². The minimum atomic E-state index is -0.865. The molecule has 11 heteroatoms. The smallest absolute Gasteiger partial charge is 0.338 e. The molecule has 0 aliphatic carbocycles. The second kappa shape index (κ2) is 7.84. The van der Waals surface area contributed by atoms with Gasteiger partial charge in [0.2, 0.25) is 0 Å². The summed E-state index contributed by atoms with van der Waals surface area (Å²) < 4.78 is 10.4. The third kappa shape index (κ3) is 4.49. The Kier molecular flexibility index (Phi) is 5.82. The van der Waals surface area contributed by atoms with E-state index in [0.717, 1.165) is 9.85 Å². The fourth-order valence-corrected chi connectivity index (χ4v) is 2.76. The molecule has 0 saturated carbocycles. The highest BCUT2D eigenvalue weighted by Crippen LogP contribution is 2.27. The lowest BCUT2D eigenvalue weighted by Crippen LogP contribution is -2.20. The van der Waals surface area contributed by atoms with Crippen LogP contribution in [-0.4, -0.2) is 35.5 Å². The van der Waals surface area contributed by atoms with Crippen molar-refractivity contribution in [2.24, 2.45) is 0 Å². The summed E-state index contributed by atoms with van der Waals surface area (Å²) in [6.07, 6.45) is 1.52. The van der Waals surface area contributed by atoms with Gasteiger partial charge >= 0.3 is 11.7 Å². The molecule has 0 unspecified atom stereocenters. The van der Waals surface area contributed by atoms with Crippen molar-refractivity contribution < 1.29 is 24.0 Å². The van der Waals surface area contributed by atoms with Crippen LogP contribution >= 0.6 is 27.3 Å². The number of nitrogens with zero attached hydrogens (tertiary/aromatic N) is 2. The van der Waals surface area contributed by atoms with Gasteiger partial charge in [0, 0.05) is 6.07 Å². The average Bonchev–Trinajstić information content (AvgIpc) is 2.96. The molecule has 2 rings (SSSR count). The van der Waals surface area contributed by atoms with Gasteiger partial charge in [-0.2, -0.15) is 0 Å². The first kappa shape index (κ1) is 17.8. The van der Waals surface area contributed by atoms with Gasteiger partial charge in [0.15, 0.2) is 17.5 Å². The summed E-state index contributed by atoms with van der Waals surface area (Å²) in [6.45, 7) is -0.546. The van der Waals surface area contributed by atoms with Crippen molar-refractivity contribution in [3.05, 3.63) is 43.9 Å². The van der Waals surface area contributed by atoms with Crippen LogP contribution in [0.1, 0.15) is 10.4 Å². The zero-order valence-electron chi connectivity index (χ0n) is 12.1. The number of nitro groups is 1. The van der Waals surface area contributed by atoms with Crippen molar-refractivity contribution in [1.29, 1.82) is 0 Å². The van der Waals surface area contributed by atoms with E-state index in [2.05, 4.69) is 26.2 Å². The lowest BCUT2D eigenvalue weighted by molar-refractivity contribution is -0.385. The summed E-state index contributed by atoms with van der Waals surface area (Å²) in [5.74, 6) is -1.42. The van der Waals surface area contributed by atoms with E-state index in [0.29, 0.717) is 5.13 Å². The molecule has 1 aromatic heterocycles. The Bertz CT molecular complexity index is 794. The first-order valence-electron chi connectivity index (χ1n) is 6.31. The molecule has 0 bridgehead atoms. The monoisotopic (exact) mass is 415 g/mol. The number of rotatable bonds is 6. The zero-order chi connectivity index (χ0) is 17.7. The second-order valence-corrected chi connectivity index (χ2v) is 6.65. The highest BCUT2D eigenvalue weighted by atomic mass is 79.9. The van der Waals surface area contributed by atoms with Gasteiger partial charge in [-0.1, -0.05) is 11.3 Å². The van der Waals surface area contributed by atoms with E-state index < -0.39 is 23.4 Å². The molecule has 0 radical (unpaired) electrons. The molecule has 1 aromatic carbocycles. The van der Waals surface area contributed by atoms with E-state index in [1.807, 2.05) is 0 Å². The number of hydrogen-bond acceptors (Lipinski definition) is 8. The van der Waals surface area contributed by atoms with Crippen molar-refractivity contribution in [2.75, 3.05) is 19.0 Å². The topological polar surface area (TPSA) is 121 Å². The molecule has 0 aliphatic heterocycles. The number of anilines is 1. The number of amides is 1. The Morgan fingerprint density at radius 1 is 1.46 bits per heavy atom. The van der Waals surface area contributed by atoms with Gasteiger partial charge in [0.05, 0.1) is 27.6 Å². The van der Waals surface area contributed by atoms with Crippen LogP contribution in [0.2, 0.25) is 0 Å². The highest BCUT2D eigenvalue weighted by molar-refractivity contribution is 9.11. The van der Waals surface area contributed by atoms with Crippen LogP contribution < -0.4 is 10.1 Å². The van der Waals surface area contributed by atoms with Crippen molar-refractivity contribution in [1.82, 2.24) is 4.98 Å². The molecule has 24 heavy (non-hydrogen) atoms. The van der Waals surface area contributed by atoms with E-state index in [1.54, 1.807) is 0 Å². The first-order valence-corrected chi connectivity index (χ1v) is 7.92. The van der Waals surface area contributed by atoms with Gasteiger partial charge in [0.25, 0.3) is 5.91 Å². The van der Waals surface area contributed by atoms with E-state index in [4.69, 9.17) is 9.47 Å². The molecule has 1 N–H and O–H groups in total. The molecule has 0 atom stereocenters. The molecular formula is C13H10BrN3O6S. The van der Waals surface area contributed by atoms with E-state index in [1.165, 1.54) is 36.8 Å². The number of carbonyl (C=O) groups is 2. The number of aromatic nitrogens is 1. The highest BCUT2D eigenvalue weighted by Gasteiger charge is 2.19. The van der Waals surface area contributed by atoms with Crippen molar-refractivity contribution in [3.63, 3.8) is 0 Å². The zero-order valence-corrected chi connectivity index (χ0v) is 14.5.